The van der Waals surface area contributed by atoms with Gasteiger partial charge in [0, 0.05) is 11.6 Å². The van der Waals surface area contributed by atoms with Crippen LogP contribution in [0.25, 0.3) is 0 Å². The van der Waals surface area contributed by atoms with Crippen molar-refractivity contribution in [3.63, 3.8) is 0 Å². The quantitative estimate of drug-likeness (QED) is 0.433. The van der Waals surface area contributed by atoms with E-state index in [1.165, 1.54) is 38.5 Å². The number of aliphatic hydroxyl groups excluding tert-OH is 1. The lowest BCUT2D eigenvalue weighted by molar-refractivity contribution is 0.135. The summed E-state index contributed by atoms with van der Waals surface area (Å²) in [6.45, 7) is 5.34. The Kier molecular flexibility index (Phi) is 9.60. The van der Waals surface area contributed by atoms with E-state index in [1.807, 2.05) is 12.1 Å². The van der Waals surface area contributed by atoms with Crippen molar-refractivity contribution in [2.24, 2.45) is 17.6 Å². The van der Waals surface area contributed by atoms with Crippen molar-refractivity contribution in [1.29, 1.82) is 0 Å². The molecule has 0 spiro atoms. The first-order valence-electron chi connectivity index (χ1n) is 11.2. The van der Waals surface area contributed by atoms with E-state index in [1.54, 1.807) is 7.11 Å². The van der Waals surface area contributed by atoms with E-state index in [0.717, 1.165) is 55.3 Å². The second kappa shape index (κ2) is 11.7. The average Bonchev–Trinajstić information content (AvgIpc) is 2.66. The SMILES string of the molecule is COc1cc(OCCCCCC(C)C)ccc1CC[C@@](N)(CO)CC1CCC1. The van der Waals surface area contributed by atoms with Gasteiger partial charge in [0.15, 0.2) is 0 Å². The van der Waals surface area contributed by atoms with Gasteiger partial charge in [0.05, 0.1) is 20.3 Å². The topological polar surface area (TPSA) is 64.7 Å². The summed E-state index contributed by atoms with van der Waals surface area (Å²) in [4.78, 5) is 0. The lowest BCUT2D eigenvalue weighted by Gasteiger charge is -2.36. The number of ether oxygens (including phenoxy) is 2. The maximum atomic E-state index is 9.82. The molecule has 0 amide bonds. The Bertz CT molecular complexity index is 571. The number of hydrogen-bond donors (Lipinski definition) is 2. The molecule has 0 unspecified atom stereocenters. The van der Waals surface area contributed by atoms with E-state index in [9.17, 15) is 5.11 Å². The normalized spacial score (nSPS) is 16.6. The van der Waals surface area contributed by atoms with Crippen LogP contribution >= 0.6 is 0 Å². The van der Waals surface area contributed by atoms with Crippen LogP contribution in [0.5, 0.6) is 11.5 Å². The largest absolute Gasteiger partial charge is 0.496 e. The molecule has 28 heavy (non-hydrogen) atoms. The third-order valence-electron chi connectivity index (χ3n) is 6.08. The Balaban J connectivity index is 1.81. The lowest BCUT2D eigenvalue weighted by atomic mass is 9.75. The molecule has 0 heterocycles. The summed E-state index contributed by atoms with van der Waals surface area (Å²) in [5.74, 6) is 3.18. The first kappa shape index (κ1) is 23.0. The predicted molar refractivity (Wildman–Crippen MR) is 116 cm³/mol. The zero-order valence-electron chi connectivity index (χ0n) is 18.2. The Morgan fingerprint density at radius 1 is 1.21 bits per heavy atom. The molecule has 4 nitrogen and oxygen atoms in total. The number of aliphatic hydroxyl groups is 1. The molecular weight excluding hydrogens is 350 g/mol. The standard InChI is InChI=1S/C24H41NO3/c1-19(2)8-5-4-6-15-28-22-12-11-21(23(16-22)27-3)13-14-24(25,18-26)17-20-9-7-10-20/h11-12,16,19-20,26H,4-10,13-15,17-18,25H2,1-3H3/t24-/m0/s1. The summed E-state index contributed by atoms with van der Waals surface area (Å²) in [7, 11) is 1.70. The van der Waals surface area contributed by atoms with E-state index < -0.39 is 5.54 Å². The van der Waals surface area contributed by atoms with Gasteiger partial charge < -0.3 is 20.3 Å². The van der Waals surface area contributed by atoms with Gasteiger partial charge in [-0.05, 0) is 49.1 Å². The first-order valence-corrected chi connectivity index (χ1v) is 11.2. The average molecular weight is 392 g/mol. The summed E-state index contributed by atoms with van der Waals surface area (Å²) < 4.78 is 11.5. The van der Waals surface area contributed by atoms with Crippen LogP contribution in [-0.2, 0) is 6.42 Å². The molecule has 0 aromatic heterocycles. The van der Waals surface area contributed by atoms with Crippen LogP contribution < -0.4 is 15.2 Å². The van der Waals surface area contributed by atoms with E-state index in [0.29, 0.717) is 5.92 Å². The van der Waals surface area contributed by atoms with Gasteiger partial charge in [-0.1, -0.05) is 58.4 Å². The molecule has 0 radical (unpaired) electrons. The van der Waals surface area contributed by atoms with E-state index in [-0.39, 0.29) is 6.61 Å². The second-order valence-electron chi connectivity index (χ2n) is 9.09. The summed E-state index contributed by atoms with van der Waals surface area (Å²) in [6.07, 6.45) is 11.2. The van der Waals surface area contributed by atoms with Crippen LogP contribution in [0.3, 0.4) is 0 Å². The number of methoxy groups -OCH3 is 1. The monoisotopic (exact) mass is 391 g/mol. The second-order valence-corrected chi connectivity index (χ2v) is 9.09. The highest BCUT2D eigenvalue weighted by molar-refractivity contribution is 5.41. The van der Waals surface area contributed by atoms with Gasteiger partial charge in [-0.25, -0.2) is 0 Å². The molecule has 2 rings (SSSR count). The Hall–Kier alpha value is -1.26. The minimum Gasteiger partial charge on any atom is -0.496 e. The summed E-state index contributed by atoms with van der Waals surface area (Å²) in [5.41, 5.74) is 7.13. The highest BCUT2D eigenvalue weighted by Gasteiger charge is 2.31. The van der Waals surface area contributed by atoms with Crippen LogP contribution in [0.2, 0.25) is 0 Å². The molecule has 1 saturated carbocycles. The first-order chi connectivity index (χ1) is 13.5. The van der Waals surface area contributed by atoms with Crippen LogP contribution in [0.4, 0.5) is 0 Å². The van der Waals surface area contributed by atoms with Gasteiger partial charge >= 0.3 is 0 Å². The van der Waals surface area contributed by atoms with E-state index in [4.69, 9.17) is 15.2 Å². The molecule has 160 valence electrons. The number of unbranched alkanes of at least 4 members (excludes halogenated alkanes) is 2. The third-order valence-corrected chi connectivity index (χ3v) is 6.08. The van der Waals surface area contributed by atoms with Gasteiger partial charge in [0.25, 0.3) is 0 Å². The number of nitrogens with two attached hydrogens (primary N) is 1. The zero-order valence-corrected chi connectivity index (χ0v) is 18.2. The van der Waals surface area contributed by atoms with E-state index in [2.05, 4.69) is 19.9 Å². The van der Waals surface area contributed by atoms with Crippen molar-refractivity contribution >= 4 is 0 Å². The molecule has 1 fully saturated rings. The number of aryl methyl sites for hydroxylation is 1. The van der Waals surface area contributed by atoms with Crippen LogP contribution in [0.1, 0.15) is 77.2 Å². The predicted octanol–water partition coefficient (Wildman–Crippen LogP) is 5.10. The maximum absolute atomic E-state index is 9.82. The van der Waals surface area contributed by atoms with Crippen molar-refractivity contribution in [3.8, 4) is 11.5 Å². The van der Waals surface area contributed by atoms with Gasteiger partial charge in [0.1, 0.15) is 11.5 Å². The number of rotatable bonds is 14. The van der Waals surface area contributed by atoms with Crippen molar-refractivity contribution in [1.82, 2.24) is 0 Å². The maximum Gasteiger partial charge on any atom is 0.125 e. The van der Waals surface area contributed by atoms with Crippen LogP contribution in [0.15, 0.2) is 18.2 Å². The third kappa shape index (κ3) is 7.63. The molecule has 3 N–H and O–H groups in total. The van der Waals surface area contributed by atoms with Crippen LogP contribution in [0, 0.1) is 11.8 Å². The molecule has 1 atom stereocenters. The lowest BCUT2D eigenvalue weighted by Crippen LogP contribution is -2.46. The van der Waals surface area contributed by atoms with Gasteiger partial charge in [-0.2, -0.15) is 0 Å². The number of hydrogen-bond acceptors (Lipinski definition) is 4. The fourth-order valence-electron chi connectivity index (χ4n) is 3.94. The minimum absolute atomic E-state index is 0.0455. The molecule has 1 aromatic rings. The van der Waals surface area contributed by atoms with Gasteiger partial charge in [-0.15, -0.1) is 0 Å². The molecule has 0 aliphatic heterocycles. The molecule has 1 aliphatic rings. The molecule has 0 bridgehead atoms. The summed E-state index contributed by atoms with van der Waals surface area (Å²) >= 11 is 0. The van der Waals surface area contributed by atoms with Crippen molar-refractivity contribution < 1.29 is 14.6 Å². The summed E-state index contributed by atoms with van der Waals surface area (Å²) in [6, 6.07) is 6.08. The van der Waals surface area contributed by atoms with Crippen molar-refractivity contribution in [2.75, 3.05) is 20.3 Å². The summed E-state index contributed by atoms with van der Waals surface area (Å²) in [5, 5.41) is 9.82. The number of benzene rings is 1. The van der Waals surface area contributed by atoms with Crippen LogP contribution in [-0.4, -0.2) is 31.0 Å². The van der Waals surface area contributed by atoms with Gasteiger partial charge in [-0.3, -0.25) is 0 Å². The smallest absolute Gasteiger partial charge is 0.125 e. The minimum atomic E-state index is -0.485. The van der Waals surface area contributed by atoms with Gasteiger partial charge in [0.2, 0.25) is 0 Å². The Morgan fingerprint density at radius 3 is 2.61 bits per heavy atom. The molecular formula is C24H41NO3. The molecule has 1 aromatic carbocycles. The highest BCUT2D eigenvalue weighted by Crippen LogP contribution is 2.35. The zero-order chi connectivity index (χ0) is 20.4. The van der Waals surface area contributed by atoms with Crippen molar-refractivity contribution in [2.45, 2.75) is 83.6 Å². The van der Waals surface area contributed by atoms with E-state index >= 15 is 0 Å². The fourth-order valence-corrected chi connectivity index (χ4v) is 3.94. The molecule has 0 saturated heterocycles. The molecule has 4 heteroatoms. The Morgan fingerprint density at radius 2 is 2.00 bits per heavy atom. The fraction of sp³-hybridized carbons (Fsp3) is 0.750. The Labute approximate surface area is 171 Å². The highest BCUT2D eigenvalue weighted by atomic mass is 16.5. The van der Waals surface area contributed by atoms with Crippen molar-refractivity contribution in [3.05, 3.63) is 23.8 Å². The molecule has 1 aliphatic carbocycles.